The molecule has 0 spiro atoms. The third-order valence-electron chi connectivity index (χ3n) is 0.730. The Balaban J connectivity index is -0.000000143. The van der Waals surface area contributed by atoms with Gasteiger partial charge in [-0.25, -0.2) is 0 Å². The molecule has 0 N–H and O–H groups in total. The Labute approximate surface area is 123 Å². The van der Waals surface area contributed by atoms with Gasteiger partial charge in [0.15, 0.2) is 0 Å². The standard InChI is InChI=1S/2C3H7NS2.Hg/c2*1-4(2)3(5)6;/h2*1-2H3,(H,5,6);/q;;+2/p-2. The zero-order valence-electron chi connectivity index (χ0n) is 8.23. The van der Waals surface area contributed by atoms with Crippen LogP contribution in [0.2, 0.25) is 0 Å². The van der Waals surface area contributed by atoms with E-state index in [-0.39, 0.29) is 27.7 Å². The van der Waals surface area contributed by atoms with Crippen molar-refractivity contribution >= 4 is 58.3 Å². The molecule has 0 aliphatic carbocycles. The van der Waals surface area contributed by atoms with E-state index in [4.69, 9.17) is 0 Å². The SMILES string of the molecule is CN(C)C(=S)[S-].CN(C)C(=S)[S-].[Hg+2]. The summed E-state index contributed by atoms with van der Waals surface area (Å²) in [5, 5.41) is 0. The van der Waals surface area contributed by atoms with Crippen LogP contribution in [-0.2, 0) is 52.9 Å². The van der Waals surface area contributed by atoms with E-state index < -0.39 is 0 Å². The van der Waals surface area contributed by atoms with E-state index >= 15 is 0 Å². The quantitative estimate of drug-likeness (QED) is 0.309. The molecule has 0 amide bonds. The van der Waals surface area contributed by atoms with E-state index in [1.54, 1.807) is 9.80 Å². The van der Waals surface area contributed by atoms with Crippen molar-refractivity contribution in [1.29, 1.82) is 0 Å². The molecule has 0 rings (SSSR count). The minimum Gasteiger partial charge on any atom is -0.411 e. The van der Waals surface area contributed by atoms with E-state index in [2.05, 4.69) is 49.7 Å². The predicted molar refractivity (Wildman–Crippen MR) is 67.3 cm³/mol. The maximum atomic E-state index is 4.56. The van der Waals surface area contributed by atoms with E-state index in [9.17, 15) is 0 Å². The van der Waals surface area contributed by atoms with Crippen LogP contribution in [0.3, 0.4) is 0 Å². The van der Waals surface area contributed by atoms with Gasteiger partial charge in [0.1, 0.15) is 0 Å². The van der Waals surface area contributed by atoms with Crippen LogP contribution >= 0.6 is 24.4 Å². The van der Waals surface area contributed by atoms with Crippen molar-refractivity contribution in [3.05, 3.63) is 0 Å². The van der Waals surface area contributed by atoms with E-state index in [0.29, 0.717) is 8.64 Å². The normalized spacial score (nSPS) is 7.08. The van der Waals surface area contributed by atoms with Gasteiger partial charge in [0, 0.05) is 28.2 Å². The number of hydrogen-bond donors (Lipinski definition) is 0. The van der Waals surface area contributed by atoms with Gasteiger partial charge in [-0.15, -0.1) is 0 Å². The van der Waals surface area contributed by atoms with E-state index in [0.717, 1.165) is 0 Å². The summed E-state index contributed by atoms with van der Waals surface area (Å²) in [6.07, 6.45) is 0. The predicted octanol–water partition coefficient (Wildman–Crippen LogP) is 0.757. The minimum absolute atomic E-state index is 0. The molecule has 72 valence electrons. The zero-order chi connectivity index (χ0) is 10.3. The molecule has 0 saturated carbocycles. The second-order valence-electron chi connectivity index (χ2n) is 2.32. The number of rotatable bonds is 0. The summed E-state index contributed by atoms with van der Waals surface area (Å²) in [7, 11) is 7.31. The first-order chi connectivity index (χ1) is 5.29. The summed E-state index contributed by atoms with van der Waals surface area (Å²) in [4.78, 5) is 3.43. The fraction of sp³-hybridized carbons (Fsp3) is 0.667. The first-order valence-corrected chi connectivity index (χ1v) is 4.69. The molecule has 0 bridgehead atoms. The van der Waals surface area contributed by atoms with Gasteiger partial charge in [-0.1, -0.05) is 8.64 Å². The van der Waals surface area contributed by atoms with Crippen LogP contribution in [-0.4, -0.2) is 46.6 Å². The topological polar surface area (TPSA) is 6.48 Å². The van der Waals surface area contributed by atoms with Gasteiger partial charge in [-0.05, 0) is 0 Å². The second-order valence-corrected chi connectivity index (χ2v) is 4.38. The third-order valence-corrected chi connectivity index (χ3v) is 2.19. The molecule has 0 aromatic rings. The van der Waals surface area contributed by atoms with Crippen molar-refractivity contribution in [2.24, 2.45) is 0 Å². The Hall–Kier alpha value is 1.16. The van der Waals surface area contributed by atoms with Crippen LogP contribution in [0.5, 0.6) is 0 Å². The van der Waals surface area contributed by atoms with Gasteiger partial charge < -0.3 is 59.5 Å². The molecule has 0 radical (unpaired) electrons. The molecule has 2 nitrogen and oxygen atoms in total. The molecule has 0 aromatic heterocycles. The van der Waals surface area contributed by atoms with Crippen LogP contribution in [0.4, 0.5) is 0 Å². The van der Waals surface area contributed by atoms with Crippen LogP contribution in [0, 0.1) is 0 Å². The van der Waals surface area contributed by atoms with Gasteiger partial charge >= 0.3 is 27.7 Å². The van der Waals surface area contributed by atoms with E-state index in [1.807, 2.05) is 28.2 Å². The third kappa shape index (κ3) is 19.5. The molecule has 0 aliphatic rings. The van der Waals surface area contributed by atoms with Gasteiger partial charge in [-0.3, -0.25) is 0 Å². The van der Waals surface area contributed by atoms with Crippen LogP contribution in [0.25, 0.3) is 0 Å². The van der Waals surface area contributed by atoms with Crippen molar-refractivity contribution in [3.63, 3.8) is 0 Å². The van der Waals surface area contributed by atoms with Gasteiger partial charge in [0.2, 0.25) is 0 Å². The molecule has 13 heavy (non-hydrogen) atoms. The number of hydrogen-bond acceptors (Lipinski definition) is 4. The molecule has 7 heteroatoms. The Bertz CT molecular complexity index is 143. The average molecular weight is 441 g/mol. The molecule has 0 atom stereocenters. The fourth-order valence-electron chi connectivity index (χ4n) is 0. The molecule has 0 saturated heterocycles. The Kier molecular flexibility index (Phi) is 17.0. The maximum absolute atomic E-state index is 4.56. The smallest absolute Gasteiger partial charge is 0.411 e. The van der Waals surface area contributed by atoms with Crippen molar-refractivity contribution in [1.82, 2.24) is 9.80 Å². The van der Waals surface area contributed by atoms with Crippen LogP contribution < -0.4 is 0 Å². The summed E-state index contributed by atoms with van der Waals surface area (Å²) < 4.78 is 1.02. The average Bonchev–Trinajstić information content (AvgIpc) is 1.88. The summed E-state index contributed by atoms with van der Waals surface area (Å²) >= 11 is 18.2. The summed E-state index contributed by atoms with van der Waals surface area (Å²) in [5.41, 5.74) is 0. The maximum Gasteiger partial charge on any atom is 2.00 e. The Morgan fingerprint density at radius 3 is 0.923 bits per heavy atom. The summed E-state index contributed by atoms with van der Waals surface area (Å²) in [6.45, 7) is 0. The zero-order valence-corrected chi connectivity index (χ0v) is 17.0. The first-order valence-electron chi connectivity index (χ1n) is 3.05. The molecule has 0 fully saturated rings. The second kappa shape index (κ2) is 11.2. The monoisotopic (exact) mass is 442 g/mol. The largest absolute Gasteiger partial charge is 2.00 e. The summed E-state index contributed by atoms with van der Waals surface area (Å²) in [6, 6.07) is 0. The van der Waals surface area contributed by atoms with Crippen molar-refractivity contribution in [2.45, 2.75) is 0 Å². The van der Waals surface area contributed by atoms with Gasteiger partial charge in [0.05, 0.1) is 0 Å². The fourth-order valence-corrected chi connectivity index (χ4v) is 0. The molecule has 0 aromatic carbocycles. The molecular formula is C6H12HgN2S4. The van der Waals surface area contributed by atoms with Crippen LogP contribution in [0.1, 0.15) is 0 Å². The number of thiocarbonyl (C=S) groups is 2. The Morgan fingerprint density at radius 2 is 0.923 bits per heavy atom. The minimum atomic E-state index is 0. The van der Waals surface area contributed by atoms with Gasteiger partial charge in [0.25, 0.3) is 0 Å². The molecular weight excluding hydrogens is 429 g/mol. The first kappa shape index (κ1) is 19.7. The van der Waals surface area contributed by atoms with Crippen molar-refractivity contribution in [2.75, 3.05) is 28.2 Å². The molecule has 0 unspecified atom stereocenters. The van der Waals surface area contributed by atoms with Crippen LogP contribution in [0.15, 0.2) is 0 Å². The van der Waals surface area contributed by atoms with Gasteiger partial charge in [-0.2, -0.15) is 0 Å². The Morgan fingerprint density at radius 1 is 0.846 bits per heavy atom. The summed E-state index contributed by atoms with van der Waals surface area (Å²) in [5.74, 6) is 0. The van der Waals surface area contributed by atoms with E-state index in [1.165, 1.54) is 0 Å². The molecule has 0 aliphatic heterocycles. The molecule has 0 heterocycles. The number of nitrogens with zero attached hydrogens (tertiary/aromatic N) is 2. The van der Waals surface area contributed by atoms with Crippen molar-refractivity contribution < 1.29 is 27.7 Å². The van der Waals surface area contributed by atoms with Crippen molar-refractivity contribution in [3.8, 4) is 0 Å².